The van der Waals surface area contributed by atoms with Crippen molar-refractivity contribution >= 4 is 21.5 Å². The van der Waals surface area contributed by atoms with E-state index in [0.717, 1.165) is 19.3 Å². The standard InChI is InChI=1S/C13H21N5O2S/c1-3-7-10(4-2)17-21(19,20)13-12(16-14)15-11-8-5-6-9-18(11)13/h5-6,8-10,16-17H,3-4,7,14H2,1-2H3. The predicted octanol–water partition coefficient (Wildman–Crippen LogP) is 1.48. The van der Waals surface area contributed by atoms with E-state index in [-0.39, 0.29) is 16.9 Å². The summed E-state index contributed by atoms with van der Waals surface area (Å²) < 4.78 is 29.6. The molecule has 4 N–H and O–H groups in total. The molecule has 0 spiro atoms. The third kappa shape index (κ3) is 3.17. The van der Waals surface area contributed by atoms with Gasteiger partial charge in [0.1, 0.15) is 5.65 Å². The minimum absolute atomic E-state index is 0.0372. The summed E-state index contributed by atoms with van der Waals surface area (Å²) in [5.74, 6) is 5.55. The predicted molar refractivity (Wildman–Crippen MR) is 82.3 cm³/mol. The number of aromatic nitrogens is 2. The molecular weight excluding hydrogens is 290 g/mol. The van der Waals surface area contributed by atoms with Gasteiger partial charge in [0.2, 0.25) is 0 Å². The van der Waals surface area contributed by atoms with Gasteiger partial charge in [0, 0.05) is 12.2 Å². The lowest BCUT2D eigenvalue weighted by Crippen LogP contribution is -2.35. The van der Waals surface area contributed by atoms with Crippen LogP contribution in [0, 0.1) is 0 Å². The zero-order valence-corrected chi connectivity index (χ0v) is 13.0. The highest BCUT2D eigenvalue weighted by Gasteiger charge is 2.26. The number of nitrogens with one attached hydrogen (secondary N) is 2. The second-order valence-corrected chi connectivity index (χ2v) is 6.48. The van der Waals surface area contributed by atoms with Gasteiger partial charge in [-0.1, -0.05) is 26.3 Å². The Morgan fingerprint density at radius 2 is 2.14 bits per heavy atom. The van der Waals surface area contributed by atoms with Crippen molar-refractivity contribution in [3.05, 3.63) is 24.4 Å². The number of sulfonamides is 1. The van der Waals surface area contributed by atoms with Crippen molar-refractivity contribution in [1.82, 2.24) is 14.1 Å². The van der Waals surface area contributed by atoms with Crippen molar-refractivity contribution in [2.24, 2.45) is 5.84 Å². The van der Waals surface area contributed by atoms with Crippen molar-refractivity contribution < 1.29 is 8.42 Å². The van der Waals surface area contributed by atoms with E-state index in [4.69, 9.17) is 5.84 Å². The van der Waals surface area contributed by atoms with E-state index >= 15 is 0 Å². The van der Waals surface area contributed by atoms with Crippen LogP contribution in [0.2, 0.25) is 0 Å². The van der Waals surface area contributed by atoms with E-state index in [1.165, 1.54) is 4.40 Å². The van der Waals surface area contributed by atoms with Crippen molar-refractivity contribution in [2.45, 2.75) is 44.2 Å². The highest BCUT2D eigenvalue weighted by molar-refractivity contribution is 7.89. The lowest BCUT2D eigenvalue weighted by molar-refractivity contribution is 0.510. The van der Waals surface area contributed by atoms with Gasteiger partial charge in [-0.05, 0) is 25.0 Å². The van der Waals surface area contributed by atoms with Crippen molar-refractivity contribution in [3.63, 3.8) is 0 Å². The van der Waals surface area contributed by atoms with E-state index < -0.39 is 10.0 Å². The van der Waals surface area contributed by atoms with Crippen molar-refractivity contribution in [3.8, 4) is 0 Å². The van der Waals surface area contributed by atoms with Crippen LogP contribution in [-0.2, 0) is 10.0 Å². The zero-order chi connectivity index (χ0) is 15.5. The van der Waals surface area contributed by atoms with Crippen LogP contribution < -0.4 is 16.0 Å². The summed E-state index contributed by atoms with van der Waals surface area (Å²) in [6, 6.07) is 5.17. The first kappa shape index (κ1) is 15.7. The van der Waals surface area contributed by atoms with Crippen LogP contribution in [0.25, 0.3) is 5.65 Å². The number of nitrogens with two attached hydrogens (primary N) is 1. The van der Waals surface area contributed by atoms with Crippen molar-refractivity contribution in [2.75, 3.05) is 5.43 Å². The molecule has 2 aromatic rings. The summed E-state index contributed by atoms with van der Waals surface area (Å²) in [5, 5.41) is 0.0372. The lowest BCUT2D eigenvalue weighted by Gasteiger charge is -2.16. The van der Waals surface area contributed by atoms with Crippen LogP contribution in [-0.4, -0.2) is 23.8 Å². The number of nitrogen functional groups attached to an aromatic ring is 1. The molecule has 2 rings (SSSR count). The van der Waals surface area contributed by atoms with Crippen molar-refractivity contribution in [1.29, 1.82) is 0 Å². The minimum atomic E-state index is -3.71. The van der Waals surface area contributed by atoms with E-state index in [2.05, 4.69) is 15.1 Å². The number of fused-ring (bicyclic) bond motifs is 1. The molecule has 0 aliphatic rings. The van der Waals surface area contributed by atoms with E-state index in [1.54, 1.807) is 24.4 Å². The number of hydrazine groups is 1. The lowest BCUT2D eigenvalue weighted by atomic mass is 10.1. The van der Waals surface area contributed by atoms with Gasteiger partial charge in [-0.15, -0.1) is 0 Å². The van der Waals surface area contributed by atoms with Gasteiger partial charge < -0.3 is 5.43 Å². The summed E-state index contributed by atoms with van der Waals surface area (Å²) in [6.07, 6.45) is 4.09. The fourth-order valence-corrected chi connectivity index (χ4v) is 3.90. The number of hydrogen-bond acceptors (Lipinski definition) is 5. The topological polar surface area (TPSA) is 102 Å². The number of hydrogen-bond donors (Lipinski definition) is 3. The zero-order valence-electron chi connectivity index (χ0n) is 12.2. The minimum Gasteiger partial charge on any atom is -0.306 e. The maximum Gasteiger partial charge on any atom is 0.260 e. The van der Waals surface area contributed by atoms with Crippen LogP contribution in [0.1, 0.15) is 33.1 Å². The monoisotopic (exact) mass is 311 g/mol. The normalized spacial score (nSPS) is 13.5. The highest BCUT2D eigenvalue weighted by atomic mass is 32.2. The average molecular weight is 311 g/mol. The van der Waals surface area contributed by atoms with Gasteiger partial charge in [-0.3, -0.25) is 4.40 Å². The second-order valence-electron chi connectivity index (χ2n) is 4.85. The van der Waals surface area contributed by atoms with E-state index in [9.17, 15) is 8.42 Å². The maximum absolute atomic E-state index is 12.7. The molecule has 1 unspecified atom stereocenters. The van der Waals surface area contributed by atoms with Gasteiger partial charge in [-0.25, -0.2) is 24.0 Å². The summed E-state index contributed by atoms with van der Waals surface area (Å²) >= 11 is 0. The van der Waals surface area contributed by atoms with Crippen LogP contribution in [0.3, 0.4) is 0 Å². The fourth-order valence-electron chi connectivity index (χ4n) is 2.29. The first-order valence-electron chi connectivity index (χ1n) is 6.99. The molecule has 116 valence electrons. The molecule has 0 radical (unpaired) electrons. The van der Waals surface area contributed by atoms with Gasteiger partial charge in [0.25, 0.3) is 10.0 Å². The second kappa shape index (κ2) is 6.42. The Labute approximate surface area is 124 Å². The Kier molecular flexibility index (Phi) is 4.81. The summed E-state index contributed by atoms with van der Waals surface area (Å²) in [5.41, 5.74) is 2.89. The molecule has 0 aromatic carbocycles. The first-order chi connectivity index (χ1) is 10.0. The molecule has 0 bridgehead atoms. The van der Waals surface area contributed by atoms with Crippen LogP contribution in [0.4, 0.5) is 5.82 Å². The maximum atomic E-state index is 12.7. The Balaban J connectivity index is 2.48. The summed E-state index contributed by atoms with van der Waals surface area (Å²) in [7, 11) is -3.71. The van der Waals surface area contributed by atoms with E-state index in [1.807, 2.05) is 13.8 Å². The van der Waals surface area contributed by atoms with Crippen LogP contribution >= 0.6 is 0 Å². The quantitative estimate of drug-likeness (QED) is 0.531. The number of pyridine rings is 1. The van der Waals surface area contributed by atoms with Gasteiger partial charge in [0.05, 0.1) is 0 Å². The summed E-state index contributed by atoms with van der Waals surface area (Å²) in [4.78, 5) is 4.18. The average Bonchev–Trinajstić information content (AvgIpc) is 2.85. The number of anilines is 1. The first-order valence-corrected chi connectivity index (χ1v) is 8.47. The van der Waals surface area contributed by atoms with Gasteiger partial charge in [0.15, 0.2) is 10.8 Å². The molecule has 0 aliphatic heterocycles. The molecule has 1 atom stereocenters. The van der Waals surface area contributed by atoms with Crippen LogP contribution in [0.5, 0.6) is 0 Å². The molecule has 2 aromatic heterocycles. The number of rotatable bonds is 7. The van der Waals surface area contributed by atoms with Gasteiger partial charge in [-0.2, -0.15) is 0 Å². The molecule has 7 nitrogen and oxygen atoms in total. The number of imidazole rings is 1. The molecule has 0 aliphatic carbocycles. The molecule has 0 saturated heterocycles. The fraction of sp³-hybridized carbons (Fsp3) is 0.462. The Hall–Kier alpha value is -1.64. The van der Waals surface area contributed by atoms with E-state index in [0.29, 0.717) is 5.65 Å². The third-order valence-electron chi connectivity index (χ3n) is 3.33. The Morgan fingerprint density at radius 1 is 1.38 bits per heavy atom. The molecule has 0 amide bonds. The molecule has 21 heavy (non-hydrogen) atoms. The molecular formula is C13H21N5O2S. The van der Waals surface area contributed by atoms with Gasteiger partial charge >= 0.3 is 0 Å². The molecule has 2 heterocycles. The number of nitrogens with zero attached hydrogens (tertiary/aromatic N) is 2. The Bertz CT molecular complexity index is 710. The third-order valence-corrected chi connectivity index (χ3v) is 4.87. The SMILES string of the molecule is CCCC(CC)NS(=O)(=O)c1c(NN)nc2ccccn12. The molecule has 8 heteroatoms. The highest BCUT2D eigenvalue weighted by Crippen LogP contribution is 2.22. The Morgan fingerprint density at radius 3 is 2.76 bits per heavy atom. The smallest absolute Gasteiger partial charge is 0.260 e. The molecule has 0 fully saturated rings. The molecule has 0 saturated carbocycles. The largest absolute Gasteiger partial charge is 0.306 e. The van der Waals surface area contributed by atoms with Crippen LogP contribution in [0.15, 0.2) is 29.4 Å². The summed E-state index contributed by atoms with van der Waals surface area (Å²) in [6.45, 7) is 3.98.